The molecule has 42 heavy (non-hydrogen) atoms. The van der Waals surface area contributed by atoms with Gasteiger partial charge in [0.15, 0.2) is 0 Å². The highest BCUT2D eigenvalue weighted by Gasteiger charge is 2.19. The second-order valence-electron chi connectivity index (χ2n) is 9.75. The smallest absolute Gasteiger partial charge is 0.317 e. The van der Waals surface area contributed by atoms with Crippen molar-refractivity contribution >= 4 is 17.8 Å². The van der Waals surface area contributed by atoms with Crippen molar-refractivity contribution in [2.45, 2.75) is 13.0 Å². The number of ether oxygens (including phenoxy) is 3. The summed E-state index contributed by atoms with van der Waals surface area (Å²) in [6.07, 6.45) is 0.251. The molecular formula is C27H43N7O8. The van der Waals surface area contributed by atoms with E-state index in [0.29, 0.717) is 98.5 Å². The van der Waals surface area contributed by atoms with Crippen molar-refractivity contribution < 1.29 is 38.8 Å². The summed E-state index contributed by atoms with van der Waals surface area (Å²) in [5.41, 5.74) is 10.1. The number of hydrogen-bond donors (Lipinski definition) is 3. The van der Waals surface area contributed by atoms with Gasteiger partial charge in [-0.3, -0.25) is 29.1 Å². The number of rotatable bonds is 20. The first kappa shape index (κ1) is 34.9. The molecule has 15 heteroatoms. The van der Waals surface area contributed by atoms with Crippen LogP contribution in [0.4, 0.5) is 0 Å². The number of hydrogen-bond acceptors (Lipinski definition) is 10. The third-order valence-corrected chi connectivity index (χ3v) is 6.42. The van der Waals surface area contributed by atoms with Crippen LogP contribution in [0.2, 0.25) is 0 Å². The number of carboxylic acid groups (broad SMARTS) is 2. The summed E-state index contributed by atoms with van der Waals surface area (Å²) in [5.74, 6) is -1.90. The number of nitrogens with one attached hydrogen (secondary N) is 1. The van der Waals surface area contributed by atoms with Crippen LogP contribution >= 0.6 is 0 Å². The van der Waals surface area contributed by atoms with E-state index in [2.05, 4.69) is 20.2 Å². The molecule has 3 N–H and O–H groups in total. The van der Waals surface area contributed by atoms with Gasteiger partial charge in [0.25, 0.3) is 0 Å². The zero-order chi connectivity index (χ0) is 30.4. The topological polar surface area (TPSA) is 190 Å². The zero-order valence-corrected chi connectivity index (χ0v) is 24.1. The van der Waals surface area contributed by atoms with Crippen molar-refractivity contribution in [1.29, 1.82) is 0 Å². The summed E-state index contributed by atoms with van der Waals surface area (Å²) in [6.45, 7) is 7.07. The summed E-state index contributed by atoms with van der Waals surface area (Å²) < 4.78 is 16.0. The molecule has 0 aromatic heterocycles. The fourth-order valence-corrected chi connectivity index (χ4v) is 4.26. The van der Waals surface area contributed by atoms with Crippen LogP contribution in [0, 0.1) is 0 Å². The minimum Gasteiger partial charge on any atom is -0.480 e. The summed E-state index contributed by atoms with van der Waals surface area (Å²) in [4.78, 5) is 43.3. The first-order chi connectivity index (χ1) is 20.4. The number of benzene rings is 1. The normalized spacial score (nSPS) is 15.2. The lowest BCUT2D eigenvalue weighted by molar-refractivity contribution is -0.140. The van der Waals surface area contributed by atoms with Crippen molar-refractivity contribution in [2.24, 2.45) is 5.11 Å². The van der Waals surface area contributed by atoms with Crippen molar-refractivity contribution in [1.82, 2.24) is 20.0 Å². The Labute approximate surface area is 245 Å². The van der Waals surface area contributed by atoms with Crippen LogP contribution < -0.4 is 5.32 Å². The third kappa shape index (κ3) is 16.8. The molecule has 15 nitrogen and oxygen atoms in total. The Kier molecular flexibility index (Phi) is 17.8. The number of nitrogens with zero attached hydrogens (tertiary/aromatic N) is 6. The van der Waals surface area contributed by atoms with Crippen LogP contribution in [-0.4, -0.2) is 148 Å². The minimum absolute atomic E-state index is 0.0784. The van der Waals surface area contributed by atoms with Crippen LogP contribution in [-0.2, 0) is 41.6 Å². The lowest BCUT2D eigenvalue weighted by Gasteiger charge is -2.25. The summed E-state index contributed by atoms with van der Waals surface area (Å²) >= 11 is 0. The van der Waals surface area contributed by atoms with Gasteiger partial charge in [-0.15, -0.1) is 0 Å². The van der Waals surface area contributed by atoms with Crippen LogP contribution in [0.15, 0.2) is 29.4 Å². The highest BCUT2D eigenvalue weighted by Crippen LogP contribution is 2.10. The van der Waals surface area contributed by atoms with E-state index in [-0.39, 0.29) is 25.4 Å². The Morgan fingerprint density at radius 1 is 0.762 bits per heavy atom. The molecule has 1 heterocycles. The maximum atomic E-state index is 12.3. The number of azide groups is 1. The number of carbonyl (C=O) groups excluding carboxylic acids is 1. The lowest BCUT2D eigenvalue weighted by Crippen LogP contribution is -2.40. The molecule has 0 saturated carbocycles. The van der Waals surface area contributed by atoms with Crippen molar-refractivity contribution in [3.8, 4) is 0 Å². The van der Waals surface area contributed by atoms with E-state index < -0.39 is 11.9 Å². The molecule has 0 unspecified atom stereocenters. The Morgan fingerprint density at radius 3 is 1.76 bits per heavy atom. The predicted octanol–water partition coefficient (Wildman–Crippen LogP) is 0.294. The molecule has 0 spiro atoms. The van der Waals surface area contributed by atoms with Gasteiger partial charge in [-0.2, -0.15) is 0 Å². The van der Waals surface area contributed by atoms with Crippen molar-refractivity contribution in [3.05, 3.63) is 45.8 Å². The van der Waals surface area contributed by atoms with Gasteiger partial charge in [0.05, 0.1) is 59.2 Å². The van der Waals surface area contributed by atoms with Gasteiger partial charge < -0.3 is 29.7 Å². The van der Waals surface area contributed by atoms with Gasteiger partial charge in [0.2, 0.25) is 5.91 Å². The zero-order valence-electron chi connectivity index (χ0n) is 24.1. The Morgan fingerprint density at radius 2 is 1.24 bits per heavy atom. The second kappa shape index (κ2) is 21.4. The van der Waals surface area contributed by atoms with Crippen LogP contribution in [0.3, 0.4) is 0 Å². The monoisotopic (exact) mass is 593 g/mol. The molecule has 1 aromatic rings. The van der Waals surface area contributed by atoms with E-state index in [9.17, 15) is 24.6 Å². The SMILES string of the molecule is [N-]=[N+]=NCCOCCOCCOCCNC(=O)Cc1ccc(CN2CCN(CC(=O)O)CCN(CC(=O)O)CC2)cc1. The van der Waals surface area contributed by atoms with Gasteiger partial charge in [0.1, 0.15) is 0 Å². The van der Waals surface area contributed by atoms with Gasteiger partial charge in [-0.25, -0.2) is 0 Å². The standard InChI is InChI=1S/C27H43N7O8/c28-31-30-6-14-41-16-18-42-17-15-40-13-5-29-25(35)19-23-1-3-24(4-2-23)20-32-7-9-33(21-26(36)37)11-12-34(10-8-32)22-27(38)39/h1-4H,5-22H2,(H,29,35)(H,36,37)(H,38,39). The van der Waals surface area contributed by atoms with E-state index in [4.69, 9.17) is 19.7 Å². The van der Waals surface area contributed by atoms with Crippen molar-refractivity contribution in [2.75, 3.05) is 105 Å². The fraction of sp³-hybridized carbons (Fsp3) is 0.667. The molecule has 0 bridgehead atoms. The van der Waals surface area contributed by atoms with Gasteiger partial charge >= 0.3 is 11.9 Å². The van der Waals surface area contributed by atoms with Gasteiger partial charge in [-0.1, -0.05) is 29.4 Å². The number of amides is 1. The molecule has 0 radical (unpaired) electrons. The van der Waals surface area contributed by atoms with Crippen LogP contribution in [0.25, 0.3) is 10.4 Å². The molecule has 2 rings (SSSR count). The van der Waals surface area contributed by atoms with Gasteiger partial charge in [-0.05, 0) is 16.7 Å². The molecule has 1 aliphatic heterocycles. The number of carboxylic acids is 2. The molecule has 0 atom stereocenters. The van der Waals surface area contributed by atoms with E-state index in [1.165, 1.54) is 0 Å². The largest absolute Gasteiger partial charge is 0.480 e. The first-order valence-corrected chi connectivity index (χ1v) is 14.0. The summed E-state index contributed by atoms with van der Waals surface area (Å²) in [6, 6.07) is 7.81. The van der Waals surface area contributed by atoms with Crippen LogP contribution in [0.5, 0.6) is 0 Å². The van der Waals surface area contributed by atoms with E-state index in [1.807, 2.05) is 34.1 Å². The van der Waals surface area contributed by atoms with Crippen LogP contribution in [0.1, 0.15) is 11.1 Å². The average molecular weight is 594 g/mol. The maximum absolute atomic E-state index is 12.3. The summed E-state index contributed by atoms with van der Waals surface area (Å²) in [7, 11) is 0. The molecule has 1 saturated heterocycles. The first-order valence-electron chi connectivity index (χ1n) is 14.0. The maximum Gasteiger partial charge on any atom is 0.317 e. The Balaban J connectivity index is 1.66. The lowest BCUT2D eigenvalue weighted by atomic mass is 10.1. The van der Waals surface area contributed by atoms with E-state index in [0.717, 1.165) is 11.1 Å². The number of aliphatic carboxylic acids is 2. The van der Waals surface area contributed by atoms with Gasteiger partial charge in [0, 0.05) is 63.8 Å². The number of carbonyl (C=O) groups is 3. The third-order valence-electron chi connectivity index (χ3n) is 6.42. The molecule has 1 aromatic carbocycles. The molecular weight excluding hydrogens is 550 g/mol. The fourth-order valence-electron chi connectivity index (χ4n) is 4.26. The molecule has 0 aliphatic carbocycles. The molecule has 1 aliphatic rings. The molecule has 1 fully saturated rings. The highest BCUT2D eigenvalue weighted by atomic mass is 16.5. The summed E-state index contributed by atoms with van der Waals surface area (Å²) in [5, 5.41) is 24.7. The molecule has 234 valence electrons. The Hall–Kier alpha value is -3.30. The Bertz CT molecular complexity index is 963. The van der Waals surface area contributed by atoms with Crippen molar-refractivity contribution in [3.63, 3.8) is 0 Å². The quantitative estimate of drug-likeness (QED) is 0.0815. The highest BCUT2D eigenvalue weighted by molar-refractivity contribution is 5.78. The van der Waals surface area contributed by atoms with E-state index >= 15 is 0 Å². The second-order valence-corrected chi connectivity index (χ2v) is 9.75. The van der Waals surface area contributed by atoms with E-state index in [1.54, 1.807) is 0 Å². The molecule has 1 amide bonds. The predicted molar refractivity (Wildman–Crippen MR) is 153 cm³/mol. The minimum atomic E-state index is -0.901. The average Bonchev–Trinajstić information content (AvgIpc) is 3.03.